The van der Waals surface area contributed by atoms with Gasteiger partial charge in [0.2, 0.25) is 0 Å². The Bertz CT molecular complexity index is 1620. The summed E-state index contributed by atoms with van der Waals surface area (Å²) in [5.74, 6) is -1.44. The molecule has 15 nitrogen and oxygen atoms in total. The number of unbranched alkanes of at least 4 members (excludes halogenated alkanes) is 5. The topological polar surface area (TPSA) is 250 Å². The zero-order valence-corrected chi connectivity index (χ0v) is 40.5. The van der Waals surface area contributed by atoms with Gasteiger partial charge in [-0.3, -0.25) is 18.6 Å². The van der Waals surface area contributed by atoms with Gasteiger partial charge in [-0.25, -0.2) is 4.57 Å². The molecule has 0 aromatic carbocycles. The fourth-order valence-electron chi connectivity index (χ4n) is 6.36. The third-order valence-electron chi connectivity index (χ3n) is 10.3. The van der Waals surface area contributed by atoms with Crippen LogP contribution < -0.4 is 0 Å². The molecule has 16 heteroatoms. The Kier molecular flexibility index (Phi) is 36.0. The first-order valence-corrected chi connectivity index (χ1v) is 25.4. The Morgan fingerprint density at radius 3 is 1.54 bits per heavy atom. The normalized spacial score (nSPS) is 23.1. The van der Waals surface area contributed by atoms with E-state index >= 15 is 0 Å². The van der Waals surface area contributed by atoms with Crippen molar-refractivity contribution < 1.29 is 73.3 Å². The van der Waals surface area contributed by atoms with E-state index in [2.05, 4.69) is 56.4 Å². The largest absolute Gasteiger partial charge is 0.472 e. The van der Waals surface area contributed by atoms with Crippen LogP contribution in [0.2, 0.25) is 0 Å². The standard InChI is InChI=1S/C51H81O15P/c1-3-5-7-8-9-10-11-12-13-14-15-16-17-18-19-20-24-27-31-37-44(54)63-39-43(40-64-67(61,62)66-51-49(59)47(57)46(56)48(58)50(51)60)65-45(55)38-32-36-42(53)35-30-26-23-21-22-25-29-34-41(52)33-28-6-4-2/h9-10,12-13,15-16,18-19,22-27,29-30,34-35,41-43,46-53,56-60H,3-8,11,14,17,20-21,28,31-33,36-40H2,1-2H3,(H,61,62)/b10-9-,13-12-,16-15-,19-18-,25-22-,26-23-,27-24-,34-29+,35-30+/t41-,42-,43-,46?,47-,48+,49-,50-,51?/m1/s1. The van der Waals surface area contributed by atoms with E-state index in [1.165, 1.54) is 19.3 Å². The fourth-order valence-corrected chi connectivity index (χ4v) is 7.34. The summed E-state index contributed by atoms with van der Waals surface area (Å²) >= 11 is 0. The number of hydrogen-bond donors (Lipinski definition) is 8. The highest BCUT2D eigenvalue weighted by molar-refractivity contribution is 7.47. The van der Waals surface area contributed by atoms with E-state index in [0.717, 1.165) is 51.4 Å². The van der Waals surface area contributed by atoms with Crippen LogP contribution in [0, 0.1) is 0 Å². The van der Waals surface area contributed by atoms with Gasteiger partial charge in [-0.1, -0.05) is 155 Å². The molecular formula is C51H81O15P. The summed E-state index contributed by atoms with van der Waals surface area (Å²) in [4.78, 5) is 35.7. The Labute approximate surface area is 398 Å². The maximum atomic E-state index is 12.8. The second kappa shape index (κ2) is 39.3. The lowest BCUT2D eigenvalue weighted by Crippen LogP contribution is -2.64. The van der Waals surface area contributed by atoms with E-state index in [4.69, 9.17) is 18.5 Å². The number of allylic oxidation sites excluding steroid dienone is 16. The highest BCUT2D eigenvalue weighted by Gasteiger charge is 2.51. The monoisotopic (exact) mass is 965 g/mol. The highest BCUT2D eigenvalue weighted by Crippen LogP contribution is 2.47. The average Bonchev–Trinajstić information content (AvgIpc) is 3.30. The molecule has 0 heterocycles. The minimum atomic E-state index is -5.21. The summed E-state index contributed by atoms with van der Waals surface area (Å²) in [6.07, 6.45) is 33.4. The van der Waals surface area contributed by atoms with Crippen LogP contribution in [0.4, 0.5) is 0 Å². The lowest BCUT2D eigenvalue weighted by molar-refractivity contribution is -0.220. The van der Waals surface area contributed by atoms with E-state index in [9.17, 15) is 54.8 Å². The minimum Gasteiger partial charge on any atom is -0.462 e. The van der Waals surface area contributed by atoms with E-state index in [0.29, 0.717) is 19.3 Å². The first kappa shape index (κ1) is 61.4. The molecule has 10 atom stereocenters. The molecule has 380 valence electrons. The zero-order chi connectivity index (χ0) is 49.5. The van der Waals surface area contributed by atoms with Crippen LogP contribution in [0.15, 0.2) is 109 Å². The van der Waals surface area contributed by atoms with Crippen molar-refractivity contribution in [3.05, 3.63) is 109 Å². The molecule has 8 N–H and O–H groups in total. The molecule has 1 aliphatic rings. The molecule has 0 bridgehead atoms. The molecule has 3 unspecified atom stereocenters. The third kappa shape index (κ3) is 32.0. The number of phosphoric acid groups is 1. The first-order chi connectivity index (χ1) is 32.2. The van der Waals surface area contributed by atoms with Gasteiger partial charge in [0.05, 0.1) is 18.8 Å². The van der Waals surface area contributed by atoms with Crippen LogP contribution in [0.5, 0.6) is 0 Å². The van der Waals surface area contributed by atoms with Crippen LogP contribution in [0.25, 0.3) is 0 Å². The molecule has 67 heavy (non-hydrogen) atoms. The summed E-state index contributed by atoms with van der Waals surface area (Å²) in [6, 6.07) is 0. The van der Waals surface area contributed by atoms with Crippen LogP contribution in [0.3, 0.4) is 0 Å². The molecule has 1 rings (SSSR count). The predicted octanol–water partition coefficient (Wildman–Crippen LogP) is 7.55. The number of rotatable bonds is 37. The lowest BCUT2D eigenvalue weighted by Gasteiger charge is -2.41. The third-order valence-corrected chi connectivity index (χ3v) is 11.3. The molecule has 0 radical (unpaired) electrons. The van der Waals surface area contributed by atoms with Gasteiger partial charge in [0.15, 0.2) is 6.10 Å². The van der Waals surface area contributed by atoms with E-state index in [1.807, 2.05) is 42.5 Å². The van der Waals surface area contributed by atoms with Gasteiger partial charge in [-0.05, 0) is 70.6 Å². The van der Waals surface area contributed by atoms with Gasteiger partial charge in [-0.15, -0.1) is 0 Å². The lowest BCUT2D eigenvalue weighted by atomic mass is 9.85. The average molecular weight is 965 g/mol. The Morgan fingerprint density at radius 2 is 1.00 bits per heavy atom. The maximum absolute atomic E-state index is 12.8. The van der Waals surface area contributed by atoms with Crippen molar-refractivity contribution in [3.8, 4) is 0 Å². The van der Waals surface area contributed by atoms with Gasteiger partial charge in [0.1, 0.15) is 43.2 Å². The molecular weight excluding hydrogens is 884 g/mol. The number of carbonyl (C=O) groups excluding carboxylic acids is 2. The summed E-state index contributed by atoms with van der Waals surface area (Å²) in [6.45, 7) is 2.90. The van der Waals surface area contributed by atoms with Gasteiger partial charge >= 0.3 is 19.8 Å². The SMILES string of the molecule is CCCCC/C=C\C/C=C\C/C=C\C/C=C\C/C=C\CCC(=O)OC[C@H](COP(=O)(O)OC1[C@H](O)[C@H](O)C(O)[C@H](O)[C@H]1O)OC(=O)CCC[C@H](O)/C=C/C=C\C/C=C\C=C\[C@H](O)CCCCC. The Morgan fingerprint density at radius 1 is 0.537 bits per heavy atom. The number of phosphoric ester groups is 1. The van der Waals surface area contributed by atoms with Crippen molar-refractivity contribution in [1.29, 1.82) is 0 Å². The van der Waals surface area contributed by atoms with Crippen molar-refractivity contribution >= 4 is 19.8 Å². The zero-order valence-electron chi connectivity index (χ0n) is 39.6. The Hall–Kier alpha value is -3.57. The first-order valence-electron chi connectivity index (χ1n) is 23.9. The molecule has 0 amide bonds. The van der Waals surface area contributed by atoms with Gasteiger partial charge < -0.3 is 50.1 Å². The summed E-state index contributed by atoms with van der Waals surface area (Å²) < 4.78 is 33.3. The predicted molar refractivity (Wildman–Crippen MR) is 260 cm³/mol. The summed E-state index contributed by atoms with van der Waals surface area (Å²) in [7, 11) is -5.21. The van der Waals surface area contributed by atoms with E-state index in [-0.39, 0.29) is 25.7 Å². The molecule has 0 aromatic rings. The fraction of sp³-hybridized carbons (Fsp3) is 0.608. The number of aliphatic hydroxyl groups is 7. The second-order valence-corrected chi connectivity index (χ2v) is 17.7. The van der Waals surface area contributed by atoms with Crippen molar-refractivity contribution in [2.45, 2.75) is 184 Å². The smallest absolute Gasteiger partial charge is 0.462 e. The van der Waals surface area contributed by atoms with Crippen LogP contribution >= 0.6 is 7.82 Å². The number of carbonyl (C=O) groups is 2. The quantitative estimate of drug-likeness (QED) is 0.00984. The maximum Gasteiger partial charge on any atom is 0.472 e. The van der Waals surface area contributed by atoms with Gasteiger partial charge in [0.25, 0.3) is 0 Å². The number of aliphatic hydroxyl groups excluding tert-OH is 7. The molecule has 0 saturated heterocycles. The van der Waals surface area contributed by atoms with E-state index in [1.54, 1.807) is 24.3 Å². The van der Waals surface area contributed by atoms with Gasteiger partial charge in [0, 0.05) is 12.8 Å². The molecule has 1 saturated carbocycles. The molecule has 0 spiro atoms. The van der Waals surface area contributed by atoms with Crippen molar-refractivity contribution in [1.82, 2.24) is 0 Å². The van der Waals surface area contributed by atoms with Gasteiger partial charge in [-0.2, -0.15) is 0 Å². The molecule has 1 aliphatic carbocycles. The minimum absolute atomic E-state index is 0.0128. The highest BCUT2D eigenvalue weighted by atomic mass is 31.2. The van der Waals surface area contributed by atoms with Crippen molar-refractivity contribution in [3.63, 3.8) is 0 Å². The summed E-state index contributed by atoms with van der Waals surface area (Å²) in [5, 5.41) is 70.4. The van der Waals surface area contributed by atoms with Crippen LogP contribution in [-0.4, -0.2) is 121 Å². The van der Waals surface area contributed by atoms with Crippen molar-refractivity contribution in [2.75, 3.05) is 13.2 Å². The van der Waals surface area contributed by atoms with Crippen molar-refractivity contribution in [2.24, 2.45) is 0 Å². The van der Waals surface area contributed by atoms with E-state index < -0.39 is 87.9 Å². The summed E-state index contributed by atoms with van der Waals surface area (Å²) in [5.41, 5.74) is 0. The number of esters is 2. The molecule has 0 aromatic heterocycles. The molecule has 0 aliphatic heterocycles. The number of ether oxygens (including phenoxy) is 2. The molecule has 1 fully saturated rings. The second-order valence-electron chi connectivity index (χ2n) is 16.3. The Balaban J connectivity index is 2.62. The number of hydrogen-bond acceptors (Lipinski definition) is 14. The van der Waals surface area contributed by atoms with Crippen LogP contribution in [0.1, 0.15) is 129 Å². The van der Waals surface area contributed by atoms with Crippen LogP contribution in [-0.2, 0) is 32.7 Å².